The van der Waals surface area contributed by atoms with Crippen LogP contribution in [0.5, 0.6) is 0 Å². The van der Waals surface area contributed by atoms with Gasteiger partial charge in [0, 0.05) is 12.5 Å². The number of aliphatic hydroxyl groups excluding tert-OH is 1. The van der Waals surface area contributed by atoms with Crippen molar-refractivity contribution in [2.45, 2.75) is 38.0 Å². The number of fused-ring (bicyclic) bond motifs is 3. The Balaban J connectivity index is 1.81. The summed E-state index contributed by atoms with van der Waals surface area (Å²) < 4.78 is 0. The van der Waals surface area contributed by atoms with E-state index in [4.69, 9.17) is 0 Å². The number of hydrogen-bond acceptors (Lipinski definition) is 2. The van der Waals surface area contributed by atoms with Gasteiger partial charge in [0.05, 0.1) is 12.1 Å². The Labute approximate surface area is 101 Å². The Hall–Kier alpha value is -1.35. The highest BCUT2D eigenvalue weighted by molar-refractivity contribution is 5.81. The highest BCUT2D eigenvalue weighted by Crippen LogP contribution is 2.36. The van der Waals surface area contributed by atoms with Crippen LogP contribution in [0.1, 0.15) is 24.8 Å². The highest BCUT2D eigenvalue weighted by Gasteiger charge is 2.45. The fraction of sp³-hybridized carbons (Fsp3) is 0.500. The molecule has 2 bridgehead atoms. The van der Waals surface area contributed by atoms with E-state index in [2.05, 4.69) is 0 Å². The predicted octanol–water partition coefficient (Wildman–Crippen LogP) is 1.56. The van der Waals surface area contributed by atoms with E-state index < -0.39 is 0 Å². The summed E-state index contributed by atoms with van der Waals surface area (Å²) in [6.07, 6.45) is 2.24. The van der Waals surface area contributed by atoms with Crippen LogP contribution in [0.2, 0.25) is 0 Å². The average Bonchev–Trinajstić information content (AvgIpc) is 2.35. The van der Waals surface area contributed by atoms with E-state index in [1.165, 1.54) is 0 Å². The summed E-state index contributed by atoms with van der Waals surface area (Å²) in [4.78, 5) is 14.0. The summed E-state index contributed by atoms with van der Waals surface area (Å²) in [7, 11) is 0. The third-order valence-electron chi connectivity index (χ3n) is 4.01. The smallest absolute Gasteiger partial charge is 0.226 e. The van der Waals surface area contributed by atoms with Crippen molar-refractivity contribution in [2.75, 3.05) is 0 Å². The van der Waals surface area contributed by atoms with Crippen molar-refractivity contribution >= 4 is 5.91 Å². The molecule has 1 aliphatic carbocycles. The third-order valence-corrected chi connectivity index (χ3v) is 4.01. The predicted molar refractivity (Wildman–Crippen MR) is 64.1 cm³/mol. The Morgan fingerprint density at radius 3 is 2.71 bits per heavy atom. The molecule has 3 fully saturated rings. The first-order valence-corrected chi connectivity index (χ1v) is 6.28. The molecule has 2 heterocycles. The first kappa shape index (κ1) is 10.8. The minimum Gasteiger partial charge on any atom is -0.391 e. The molecule has 0 unspecified atom stereocenters. The van der Waals surface area contributed by atoms with Gasteiger partial charge in [-0.1, -0.05) is 30.3 Å². The number of piperidine rings is 2. The van der Waals surface area contributed by atoms with E-state index in [1.807, 2.05) is 35.2 Å². The molecule has 1 amide bonds. The molecule has 1 N–H and O–H groups in total. The summed E-state index contributed by atoms with van der Waals surface area (Å²) >= 11 is 0. The lowest BCUT2D eigenvalue weighted by molar-refractivity contribution is -0.157. The maximum absolute atomic E-state index is 12.2. The zero-order chi connectivity index (χ0) is 11.8. The molecule has 1 aromatic carbocycles. The van der Waals surface area contributed by atoms with Crippen LogP contribution in [0, 0.1) is 5.92 Å². The highest BCUT2D eigenvalue weighted by atomic mass is 16.3. The number of benzene rings is 1. The van der Waals surface area contributed by atoms with E-state index in [9.17, 15) is 9.90 Å². The van der Waals surface area contributed by atoms with Gasteiger partial charge in [-0.3, -0.25) is 4.79 Å². The Kier molecular flexibility index (Phi) is 2.63. The van der Waals surface area contributed by atoms with E-state index >= 15 is 0 Å². The maximum atomic E-state index is 12.2. The summed E-state index contributed by atoms with van der Waals surface area (Å²) in [5, 5.41) is 9.97. The van der Waals surface area contributed by atoms with Crippen LogP contribution in [-0.4, -0.2) is 28.1 Å². The summed E-state index contributed by atoms with van der Waals surface area (Å²) in [5.74, 6) is 0.286. The zero-order valence-electron chi connectivity index (χ0n) is 9.75. The van der Waals surface area contributed by atoms with Crippen molar-refractivity contribution < 1.29 is 9.90 Å². The van der Waals surface area contributed by atoms with Crippen LogP contribution >= 0.6 is 0 Å². The minimum absolute atomic E-state index is 0.0349. The Bertz CT molecular complexity index is 417. The second-order valence-electron chi connectivity index (χ2n) is 5.10. The molecule has 2 aliphatic heterocycles. The largest absolute Gasteiger partial charge is 0.391 e. The van der Waals surface area contributed by atoms with Gasteiger partial charge in [-0.05, 0) is 24.8 Å². The molecule has 2 saturated heterocycles. The second-order valence-corrected chi connectivity index (χ2v) is 5.10. The lowest BCUT2D eigenvalue weighted by Gasteiger charge is -2.47. The molecule has 4 rings (SSSR count). The van der Waals surface area contributed by atoms with Crippen molar-refractivity contribution in [1.82, 2.24) is 4.90 Å². The molecule has 90 valence electrons. The summed E-state index contributed by atoms with van der Waals surface area (Å²) in [6.45, 7) is 0.637. The van der Waals surface area contributed by atoms with Gasteiger partial charge in [-0.2, -0.15) is 0 Å². The monoisotopic (exact) mass is 231 g/mol. The minimum atomic E-state index is -0.324. The van der Waals surface area contributed by atoms with Crippen LogP contribution in [-0.2, 0) is 11.3 Å². The van der Waals surface area contributed by atoms with Gasteiger partial charge >= 0.3 is 0 Å². The van der Waals surface area contributed by atoms with E-state index in [1.54, 1.807) is 0 Å². The van der Waals surface area contributed by atoms with Crippen molar-refractivity contribution in [3.8, 4) is 0 Å². The van der Waals surface area contributed by atoms with Crippen LogP contribution < -0.4 is 0 Å². The number of amides is 1. The maximum Gasteiger partial charge on any atom is 0.226 e. The first-order valence-electron chi connectivity index (χ1n) is 6.28. The van der Waals surface area contributed by atoms with Gasteiger partial charge in [0.1, 0.15) is 0 Å². The molecule has 0 aromatic heterocycles. The van der Waals surface area contributed by atoms with Crippen molar-refractivity contribution in [3.05, 3.63) is 35.9 Å². The number of carbonyl (C=O) groups excluding carboxylic acids is 1. The SMILES string of the molecule is O=C1[C@@H]2CC[C@@H]([C@@H](O)C2)N1Cc1ccccc1. The van der Waals surface area contributed by atoms with Crippen LogP contribution in [0.3, 0.4) is 0 Å². The molecule has 0 radical (unpaired) electrons. The van der Waals surface area contributed by atoms with Gasteiger partial charge < -0.3 is 10.0 Å². The average molecular weight is 231 g/mol. The van der Waals surface area contributed by atoms with Crippen molar-refractivity contribution in [1.29, 1.82) is 0 Å². The molecule has 17 heavy (non-hydrogen) atoms. The van der Waals surface area contributed by atoms with Crippen LogP contribution in [0.25, 0.3) is 0 Å². The summed E-state index contributed by atoms with van der Waals surface area (Å²) in [5.41, 5.74) is 1.14. The molecular formula is C14H17NO2. The van der Waals surface area contributed by atoms with Crippen LogP contribution in [0.15, 0.2) is 30.3 Å². The molecule has 3 nitrogen and oxygen atoms in total. The molecular weight excluding hydrogens is 214 g/mol. The number of hydrogen-bond donors (Lipinski definition) is 1. The quantitative estimate of drug-likeness (QED) is 0.839. The molecule has 1 saturated carbocycles. The Morgan fingerprint density at radius 1 is 1.24 bits per heavy atom. The van der Waals surface area contributed by atoms with E-state index in [-0.39, 0.29) is 24.0 Å². The molecule has 0 spiro atoms. The molecule has 1 aromatic rings. The van der Waals surface area contributed by atoms with Crippen molar-refractivity contribution in [2.24, 2.45) is 5.92 Å². The molecule has 3 atom stereocenters. The van der Waals surface area contributed by atoms with Crippen molar-refractivity contribution in [3.63, 3.8) is 0 Å². The normalized spacial score (nSPS) is 31.9. The molecule has 3 heteroatoms. The first-order chi connectivity index (χ1) is 8.25. The molecule has 3 aliphatic rings. The number of aliphatic hydroxyl groups is 1. The fourth-order valence-electron chi connectivity index (χ4n) is 3.09. The topological polar surface area (TPSA) is 40.5 Å². The van der Waals surface area contributed by atoms with Gasteiger partial charge in [0.25, 0.3) is 0 Å². The fourth-order valence-corrected chi connectivity index (χ4v) is 3.09. The summed E-state index contributed by atoms with van der Waals surface area (Å²) in [6, 6.07) is 10.0. The van der Waals surface area contributed by atoms with E-state index in [0.29, 0.717) is 13.0 Å². The van der Waals surface area contributed by atoms with Gasteiger partial charge in [0.2, 0.25) is 5.91 Å². The lowest BCUT2D eigenvalue weighted by atomic mass is 9.77. The second kappa shape index (κ2) is 4.15. The third kappa shape index (κ3) is 1.84. The van der Waals surface area contributed by atoms with Gasteiger partial charge in [-0.15, -0.1) is 0 Å². The van der Waals surface area contributed by atoms with Gasteiger partial charge in [0.15, 0.2) is 0 Å². The van der Waals surface area contributed by atoms with Crippen LogP contribution in [0.4, 0.5) is 0 Å². The lowest BCUT2D eigenvalue weighted by Crippen LogP contribution is -2.58. The number of carbonyl (C=O) groups is 1. The number of rotatable bonds is 2. The standard InChI is InChI=1S/C14H17NO2/c16-13-8-11-6-7-12(13)15(14(11)17)9-10-4-2-1-3-5-10/h1-5,11-13,16H,6-9H2/t11-,12+,13+/m1/s1. The number of nitrogens with zero attached hydrogens (tertiary/aromatic N) is 1. The Morgan fingerprint density at radius 2 is 2.00 bits per heavy atom. The zero-order valence-corrected chi connectivity index (χ0v) is 9.75. The van der Waals surface area contributed by atoms with E-state index in [0.717, 1.165) is 18.4 Å². The van der Waals surface area contributed by atoms with Gasteiger partial charge in [-0.25, -0.2) is 0 Å².